The largest absolute Gasteiger partial charge is 0.494 e. The van der Waals surface area contributed by atoms with Gasteiger partial charge in [0.25, 0.3) is 5.56 Å². The van der Waals surface area contributed by atoms with E-state index < -0.39 is 0 Å². The number of pyridine rings is 1. The van der Waals surface area contributed by atoms with Gasteiger partial charge in [0.2, 0.25) is 0 Å². The summed E-state index contributed by atoms with van der Waals surface area (Å²) < 4.78 is 26.2. The molecule has 0 saturated heterocycles. The number of hydrogen-bond donors (Lipinski definition) is 1. The Morgan fingerprint density at radius 3 is 2.72 bits per heavy atom. The second kappa shape index (κ2) is 10.5. The Balaban J connectivity index is 1.44. The standard InChI is InChI=1S/C26H25FN6O3/c1-2-35-22-9-10-24-19(13-22)12-20(26(34)28-24)15-32(14-18-5-7-21(27)8-6-18)17-25-29-30-31-33(25)16-23-4-3-11-36-23/h3-13H,2,14-17H2,1H3,(H,28,34). The van der Waals surface area contributed by atoms with Crippen LogP contribution in [0.5, 0.6) is 5.75 Å². The van der Waals surface area contributed by atoms with Crippen molar-refractivity contribution in [2.75, 3.05) is 6.61 Å². The molecule has 0 bridgehead atoms. The van der Waals surface area contributed by atoms with E-state index in [0.29, 0.717) is 44.2 Å². The average molecular weight is 489 g/mol. The third-order valence-corrected chi connectivity index (χ3v) is 5.77. The van der Waals surface area contributed by atoms with Crippen molar-refractivity contribution < 1.29 is 13.5 Å². The van der Waals surface area contributed by atoms with Crippen molar-refractivity contribution in [2.24, 2.45) is 0 Å². The van der Waals surface area contributed by atoms with Gasteiger partial charge >= 0.3 is 0 Å². The van der Waals surface area contributed by atoms with Crippen molar-refractivity contribution in [1.82, 2.24) is 30.1 Å². The molecule has 3 heterocycles. The molecule has 0 spiro atoms. The minimum Gasteiger partial charge on any atom is -0.494 e. The highest BCUT2D eigenvalue weighted by atomic mass is 19.1. The van der Waals surface area contributed by atoms with E-state index in [1.54, 1.807) is 23.1 Å². The van der Waals surface area contributed by atoms with Crippen LogP contribution >= 0.6 is 0 Å². The molecule has 0 aliphatic carbocycles. The summed E-state index contributed by atoms with van der Waals surface area (Å²) in [5.41, 5.74) is 2.05. The van der Waals surface area contributed by atoms with Crippen molar-refractivity contribution >= 4 is 10.9 Å². The van der Waals surface area contributed by atoms with Gasteiger partial charge in [-0.15, -0.1) is 5.10 Å². The third kappa shape index (κ3) is 5.49. The second-order valence-corrected chi connectivity index (χ2v) is 8.41. The number of ether oxygens (including phenoxy) is 1. The van der Waals surface area contributed by atoms with Crippen LogP contribution in [0, 0.1) is 5.82 Å². The molecule has 10 heteroatoms. The summed E-state index contributed by atoms with van der Waals surface area (Å²) in [5, 5.41) is 13.0. The summed E-state index contributed by atoms with van der Waals surface area (Å²) in [5.74, 6) is 1.78. The van der Waals surface area contributed by atoms with E-state index in [1.165, 1.54) is 12.1 Å². The highest BCUT2D eigenvalue weighted by molar-refractivity contribution is 5.80. The van der Waals surface area contributed by atoms with Gasteiger partial charge in [0.15, 0.2) is 5.82 Å². The first-order chi connectivity index (χ1) is 17.6. The first-order valence-corrected chi connectivity index (χ1v) is 11.6. The molecule has 3 aromatic heterocycles. The first-order valence-electron chi connectivity index (χ1n) is 11.6. The van der Waals surface area contributed by atoms with E-state index in [2.05, 4.69) is 20.5 Å². The molecule has 1 N–H and O–H groups in total. The molecule has 9 nitrogen and oxygen atoms in total. The lowest BCUT2D eigenvalue weighted by atomic mass is 10.1. The fourth-order valence-corrected chi connectivity index (χ4v) is 4.07. The van der Waals surface area contributed by atoms with Crippen molar-refractivity contribution in [3.05, 3.63) is 106 Å². The highest BCUT2D eigenvalue weighted by Crippen LogP contribution is 2.20. The number of furan rings is 1. The number of halogens is 1. The van der Waals surface area contributed by atoms with E-state index in [4.69, 9.17) is 9.15 Å². The first kappa shape index (κ1) is 23.4. The lowest BCUT2D eigenvalue weighted by Gasteiger charge is -2.22. The minimum atomic E-state index is -0.302. The van der Waals surface area contributed by atoms with Crippen LogP contribution in [0.15, 0.2) is 76.1 Å². The topological polar surface area (TPSA) is 102 Å². The molecule has 0 saturated carbocycles. The monoisotopic (exact) mass is 488 g/mol. The number of aromatic amines is 1. The lowest BCUT2D eigenvalue weighted by molar-refractivity contribution is 0.235. The van der Waals surface area contributed by atoms with Crippen molar-refractivity contribution in [3.8, 4) is 5.75 Å². The van der Waals surface area contributed by atoms with Gasteiger partial charge in [0.05, 0.1) is 19.4 Å². The zero-order chi connectivity index (χ0) is 24.9. The Morgan fingerprint density at radius 2 is 1.94 bits per heavy atom. The van der Waals surface area contributed by atoms with E-state index in [1.807, 2.05) is 48.2 Å². The van der Waals surface area contributed by atoms with Crippen LogP contribution in [0.1, 0.15) is 29.6 Å². The van der Waals surface area contributed by atoms with Crippen LogP contribution < -0.4 is 10.3 Å². The molecule has 184 valence electrons. The van der Waals surface area contributed by atoms with Gasteiger partial charge in [0, 0.05) is 29.6 Å². The number of H-pyrrole nitrogens is 1. The summed E-state index contributed by atoms with van der Waals surface area (Å²) in [6.45, 7) is 4.02. The van der Waals surface area contributed by atoms with Crippen LogP contribution in [0.25, 0.3) is 10.9 Å². The number of benzene rings is 2. The number of hydrogen-bond acceptors (Lipinski definition) is 7. The van der Waals surface area contributed by atoms with Crippen LogP contribution in [0.2, 0.25) is 0 Å². The van der Waals surface area contributed by atoms with Gasteiger partial charge in [0.1, 0.15) is 23.9 Å². The molecular weight excluding hydrogens is 463 g/mol. The van der Waals surface area contributed by atoms with Gasteiger partial charge in [-0.05, 0) is 71.4 Å². The van der Waals surface area contributed by atoms with Crippen molar-refractivity contribution in [3.63, 3.8) is 0 Å². The zero-order valence-corrected chi connectivity index (χ0v) is 19.7. The maximum absolute atomic E-state index is 13.5. The summed E-state index contributed by atoms with van der Waals surface area (Å²) in [6, 6.07) is 17.4. The SMILES string of the molecule is CCOc1ccc2[nH]c(=O)c(CN(Cc3ccc(F)cc3)Cc3nnnn3Cc3ccco3)cc2c1. The molecule has 0 aliphatic rings. The van der Waals surface area contributed by atoms with Gasteiger partial charge in [-0.25, -0.2) is 9.07 Å². The second-order valence-electron chi connectivity index (χ2n) is 8.41. The summed E-state index contributed by atoms with van der Waals surface area (Å²) in [4.78, 5) is 17.9. The summed E-state index contributed by atoms with van der Waals surface area (Å²) in [7, 11) is 0. The Labute approximate surface area is 206 Å². The maximum Gasteiger partial charge on any atom is 0.252 e. The smallest absolute Gasteiger partial charge is 0.252 e. The van der Waals surface area contributed by atoms with Crippen LogP contribution in [0.4, 0.5) is 4.39 Å². The van der Waals surface area contributed by atoms with Gasteiger partial charge < -0.3 is 14.1 Å². The number of nitrogens with zero attached hydrogens (tertiary/aromatic N) is 5. The summed E-state index contributed by atoms with van der Waals surface area (Å²) in [6.07, 6.45) is 1.60. The fourth-order valence-electron chi connectivity index (χ4n) is 4.07. The normalized spacial score (nSPS) is 11.4. The number of aromatic nitrogens is 5. The van der Waals surface area contributed by atoms with Gasteiger partial charge in [-0.3, -0.25) is 9.69 Å². The lowest BCUT2D eigenvalue weighted by Crippen LogP contribution is -2.28. The number of nitrogens with one attached hydrogen (secondary N) is 1. The Hall–Kier alpha value is -4.31. The molecule has 0 radical (unpaired) electrons. The third-order valence-electron chi connectivity index (χ3n) is 5.77. The maximum atomic E-state index is 13.5. The molecule has 0 amide bonds. The molecular formula is C26H25FN6O3. The predicted molar refractivity (Wildman–Crippen MR) is 131 cm³/mol. The molecule has 2 aromatic carbocycles. The average Bonchev–Trinajstić information content (AvgIpc) is 3.54. The number of tetrazole rings is 1. The van der Waals surface area contributed by atoms with Gasteiger partial charge in [-0.1, -0.05) is 12.1 Å². The fraction of sp³-hybridized carbons (Fsp3) is 0.231. The van der Waals surface area contributed by atoms with Crippen LogP contribution in [-0.2, 0) is 26.2 Å². The van der Waals surface area contributed by atoms with Crippen molar-refractivity contribution in [2.45, 2.75) is 33.1 Å². The minimum absolute atomic E-state index is 0.175. The molecule has 0 fully saturated rings. The van der Waals surface area contributed by atoms with E-state index in [0.717, 1.165) is 28.0 Å². The Morgan fingerprint density at radius 1 is 1.08 bits per heavy atom. The molecule has 36 heavy (non-hydrogen) atoms. The van der Waals surface area contributed by atoms with E-state index in [9.17, 15) is 9.18 Å². The number of rotatable bonds is 10. The predicted octanol–water partition coefficient (Wildman–Crippen LogP) is 3.90. The molecule has 0 unspecified atom stereocenters. The van der Waals surface area contributed by atoms with Crippen LogP contribution in [0.3, 0.4) is 0 Å². The van der Waals surface area contributed by atoms with Gasteiger partial charge in [-0.2, -0.15) is 0 Å². The zero-order valence-electron chi connectivity index (χ0n) is 19.7. The molecule has 5 rings (SSSR count). The number of fused-ring (bicyclic) bond motifs is 1. The van der Waals surface area contributed by atoms with E-state index >= 15 is 0 Å². The quantitative estimate of drug-likeness (QED) is 0.318. The molecule has 0 atom stereocenters. The van der Waals surface area contributed by atoms with E-state index in [-0.39, 0.29) is 11.4 Å². The van der Waals surface area contributed by atoms with Crippen LogP contribution in [-0.4, -0.2) is 36.7 Å². The molecule has 0 aliphatic heterocycles. The Bertz CT molecular complexity index is 1490. The summed E-state index contributed by atoms with van der Waals surface area (Å²) >= 11 is 0. The highest BCUT2D eigenvalue weighted by Gasteiger charge is 2.17. The molecule has 5 aromatic rings. The van der Waals surface area contributed by atoms with Crippen molar-refractivity contribution in [1.29, 1.82) is 0 Å². The Kier molecular flexibility index (Phi) is 6.85.